The molecule has 0 fully saturated rings. The summed E-state index contributed by atoms with van der Waals surface area (Å²) in [5.41, 5.74) is 6.09. The first-order chi connectivity index (χ1) is 7.79. The van der Waals surface area contributed by atoms with Crippen molar-refractivity contribution in [2.45, 2.75) is 31.5 Å². The Morgan fingerprint density at radius 1 is 1.35 bits per heavy atom. The van der Waals surface area contributed by atoms with Gasteiger partial charge in [-0.05, 0) is 18.9 Å². The van der Waals surface area contributed by atoms with Gasteiger partial charge < -0.3 is 5.73 Å². The van der Waals surface area contributed by atoms with Crippen LogP contribution in [0.3, 0.4) is 0 Å². The quantitative estimate of drug-likeness (QED) is 0.904. The van der Waals surface area contributed by atoms with Gasteiger partial charge in [-0.3, -0.25) is 4.98 Å². The van der Waals surface area contributed by atoms with Crippen LogP contribution in [0.2, 0.25) is 10.0 Å². The summed E-state index contributed by atoms with van der Waals surface area (Å²) in [6.45, 7) is 0. The Bertz CT molecular complexity index is 382. The molecule has 0 spiro atoms. The van der Waals surface area contributed by atoms with E-state index in [1.54, 1.807) is 0 Å². The Kier molecular flexibility index (Phi) is 5.04. The smallest absolute Gasteiger partial charge is 0.323 e. The number of nitrogens with two attached hydrogens (primary N) is 1. The van der Waals surface area contributed by atoms with E-state index < -0.39 is 18.6 Å². The molecule has 1 aromatic heterocycles. The highest BCUT2D eigenvalue weighted by atomic mass is 35.5. The number of hydrogen-bond acceptors (Lipinski definition) is 2. The number of rotatable bonds is 4. The average molecular weight is 287 g/mol. The predicted octanol–water partition coefficient (Wildman–Crippen LogP) is 4.12. The van der Waals surface area contributed by atoms with Crippen molar-refractivity contribution in [2.75, 3.05) is 0 Å². The molecule has 7 heteroatoms. The summed E-state index contributed by atoms with van der Waals surface area (Å²) in [6, 6.07) is 0.858. The second-order valence-electron chi connectivity index (χ2n) is 3.63. The Morgan fingerprint density at radius 3 is 2.53 bits per heavy atom. The zero-order chi connectivity index (χ0) is 13.1. The highest BCUT2D eigenvalue weighted by molar-refractivity contribution is 6.34. The number of halogens is 5. The van der Waals surface area contributed by atoms with Crippen molar-refractivity contribution in [3.63, 3.8) is 0 Å². The maximum absolute atomic E-state index is 11.9. The monoisotopic (exact) mass is 286 g/mol. The SMILES string of the molecule is NC(CCCC(F)(F)F)c1ncc(Cl)cc1Cl. The van der Waals surface area contributed by atoms with E-state index in [4.69, 9.17) is 28.9 Å². The fourth-order valence-corrected chi connectivity index (χ4v) is 1.88. The zero-order valence-corrected chi connectivity index (χ0v) is 10.3. The van der Waals surface area contributed by atoms with Crippen molar-refractivity contribution < 1.29 is 13.2 Å². The van der Waals surface area contributed by atoms with Gasteiger partial charge in [0, 0.05) is 18.7 Å². The van der Waals surface area contributed by atoms with E-state index in [-0.39, 0.29) is 17.9 Å². The van der Waals surface area contributed by atoms with E-state index in [1.165, 1.54) is 12.3 Å². The van der Waals surface area contributed by atoms with Gasteiger partial charge in [-0.2, -0.15) is 13.2 Å². The second-order valence-corrected chi connectivity index (χ2v) is 4.48. The van der Waals surface area contributed by atoms with E-state index in [1.807, 2.05) is 0 Å². The summed E-state index contributed by atoms with van der Waals surface area (Å²) in [4.78, 5) is 3.92. The third kappa shape index (κ3) is 5.10. The van der Waals surface area contributed by atoms with Gasteiger partial charge in [-0.25, -0.2) is 0 Å². The molecule has 0 aliphatic carbocycles. The second kappa shape index (κ2) is 5.89. The van der Waals surface area contributed by atoms with Crippen LogP contribution < -0.4 is 5.73 Å². The van der Waals surface area contributed by atoms with Gasteiger partial charge in [0.25, 0.3) is 0 Å². The summed E-state index contributed by atoms with van der Waals surface area (Å²) < 4.78 is 35.8. The Hall–Kier alpha value is -0.520. The molecule has 96 valence electrons. The minimum absolute atomic E-state index is 0.0503. The molecule has 1 rings (SSSR count). The van der Waals surface area contributed by atoms with Crippen LogP contribution in [0.15, 0.2) is 12.3 Å². The van der Waals surface area contributed by atoms with Gasteiger partial charge in [0.05, 0.1) is 15.7 Å². The molecule has 0 aromatic carbocycles. The van der Waals surface area contributed by atoms with Crippen molar-refractivity contribution in [1.82, 2.24) is 4.98 Å². The lowest BCUT2D eigenvalue weighted by molar-refractivity contribution is -0.135. The predicted molar refractivity (Wildman–Crippen MR) is 61.1 cm³/mol. The molecule has 1 atom stereocenters. The first-order valence-electron chi connectivity index (χ1n) is 4.93. The van der Waals surface area contributed by atoms with Crippen molar-refractivity contribution in [2.24, 2.45) is 5.73 Å². The maximum Gasteiger partial charge on any atom is 0.389 e. The van der Waals surface area contributed by atoms with Gasteiger partial charge >= 0.3 is 6.18 Å². The lowest BCUT2D eigenvalue weighted by Crippen LogP contribution is -2.14. The van der Waals surface area contributed by atoms with Gasteiger partial charge in [-0.1, -0.05) is 23.2 Å². The molecule has 0 saturated heterocycles. The van der Waals surface area contributed by atoms with E-state index in [0.29, 0.717) is 10.7 Å². The Balaban J connectivity index is 2.55. The molecule has 0 saturated carbocycles. The summed E-state index contributed by atoms with van der Waals surface area (Å²) in [7, 11) is 0. The number of nitrogens with zero attached hydrogens (tertiary/aromatic N) is 1. The van der Waals surface area contributed by atoms with Gasteiger partial charge in [0.15, 0.2) is 0 Å². The largest absolute Gasteiger partial charge is 0.389 e. The van der Waals surface area contributed by atoms with Gasteiger partial charge in [-0.15, -0.1) is 0 Å². The molecule has 0 aliphatic heterocycles. The standard InChI is InChI=1S/C10H11Cl2F3N2/c11-6-4-7(12)9(17-5-6)8(16)2-1-3-10(13,14)15/h4-5,8H,1-3,16H2. The van der Waals surface area contributed by atoms with E-state index in [0.717, 1.165) is 0 Å². The highest BCUT2D eigenvalue weighted by Gasteiger charge is 2.26. The molecule has 2 nitrogen and oxygen atoms in total. The fourth-order valence-electron chi connectivity index (χ4n) is 1.36. The Labute approximate surface area is 107 Å². The van der Waals surface area contributed by atoms with Crippen molar-refractivity contribution in [1.29, 1.82) is 0 Å². The minimum atomic E-state index is -4.16. The average Bonchev–Trinajstić information content (AvgIpc) is 2.15. The van der Waals surface area contributed by atoms with Crippen molar-refractivity contribution in [3.8, 4) is 0 Å². The van der Waals surface area contributed by atoms with Gasteiger partial charge in [0.2, 0.25) is 0 Å². The molecule has 0 radical (unpaired) electrons. The molecule has 1 unspecified atom stereocenters. The fraction of sp³-hybridized carbons (Fsp3) is 0.500. The van der Waals surface area contributed by atoms with Crippen LogP contribution in [0, 0.1) is 0 Å². The number of aromatic nitrogens is 1. The molecule has 0 bridgehead atoms. The van der Waals surface area contributed by atoms with Crippen LogP contribution >= 0.6 is 23.2 Å². The lowest BCUT2D eigenvalue weighted by atomic mass is 10.1. The Morgan fingerprint density at radius 2 is 2.00 bits per heavy atom. The summed E-state index contributed by atoms with van der Waals surface area (Å²) in [5, 5.41) is 0.637. The first kappa shape index (κ1) is 14.5. The number of alkyl halides is 3. The van der Waals surface area contributed by atoms with Crippen LogP contribution in [0.1, 0.15) is 31.0 Å². The molecule has 1 heterocycles. The molecule has 17 heavy (non-hydrogen) atoms. The third-order valence-electron chi connectivity index (χ3n) is 2.16. The first-order valence-corrected chi connectivity index (χ1v) is 5.68. The van der Waals surface area contributed by atoms with Crippen LogP contribution in [-0.4, -0.2) is 11.2 Å². The van der Waals surface area contributed by atoms with Crippen LogP contribution in [0.5, 0.6) is 0 Å². The maximum atomic E-state index is 11.9. The minimum Gasteiger partial charge on any atom is -0.323 e. The van der Waals surface area contributed by atoms with Crippen LogP contribution in [0.4, 0.5) is 13.2 Å². The summed E-state index contributed by atoms with van der Waals surface area (Å²) in [5.74, 6) is 0. The number of hydrogen-bond donors (Lipinski definition) is 1. The van der Waals surface area contributed by atoms with Crippen molar-refractivity contribution in [3.05, 3.63) is 28.0 Å². The number of pyridine rings is 1. The highest BCUT2D eigenvalue weighted by Crippen LogP contribution is 2.28. The summed E-state index contributed by atoms with van der Waals surface area (Å²) in [6.07, 6.45) is -3.52. The van der Waals surface area contributed by atoms with E-state index >= 15 is 0 Å². The molecule has 0 aliphatic rings. The molecular weight excluding hydrogens is 276 g/mol. The summed E-state index contributed by atoms with van der Waals surface area (Å²) >= 11 is 11.5. The van der Waals surface area contributed by atoms with Crippen LogP contribution in [-0.2, 0) is 0 Å². The molecule has 1 aromatic rings. The molecule has 0 amide bonds. The van der Waals surface area contributed by atoms with Crippen LogP contribution in [0.25, 0.3) is 0 Å². The van der Waals surface area contributed by atoms with E-state index in [2.05, 4.69) is 4.98 Å². The van der Waals surface area contributed by atoms with Crippen molar-refractivity contribution >= 4 is 23.2 Å². The third-order valence-corrected chi connectivity index (χ3v) is 2.67. The van der Waals surface area contributed by atoms with Gasteiger partial charge in [0.1, 0.15) is 0 Å². The molecular formula is C10H11Cl2F3N2. The molecule has 2 N–H and O–H groups in total. The lowest BCUT2D eigenvalue weighted by Gasteiger charge is -2.13. The van der Waals surface area contributed by atoms with E-state index in [9.17, 15) is 13.2 Å². The topological polar surface area (TPSA) is 38.9 Å². The normalized spacial score (nSPS) is 13.8. The zero-order valence-electron chi connectivity index (χ0n) is 8.77.